The van der Waals surface area contributed by atoms with Crippen LogP contribution in [0.25, 0.3) is 6.08 Å². The molecule has 0 saturated carbocycles. The van der Waals surface area contributed by atoms with Gasteiger partial charge in [-0.2, -0.15) is 0 Å². The predicted molar refractivity (Wildman–Crippen MR) is 44.5 cm³/mol. The molecule has 1 heterocycles. The second kappa shape index (κ2) is 4.51. The fourth-order valence-electron chi connectivity index (χ4n) is 0.895. The maximum atomic E-state index is 10.0. The zero-order chi connectivity index (χ0) is 8.81. The lowest BCUT2D eigenvalue weighted by Gasteiger charge is -1.94. The molecule has 0 aromatic carbocycles. The Bertz CT molecular complexity index is 273. The average molecular weight is 166 g/mol. The van der Waals surface area contributed by atoms with E-state index in [0.717, 1.165) is 5.56 Å². The summed E-state index contributed by atoms with van der Waals surface area (Å²) in [4.78, 5) is 10.0. The van der Waals surface area contributed by atoms with Crippen LogP contribution >= 0.6 is 0 Å². The SMILES string of the molecule is COCc1ccoc1/C=C/C=O. The van der Waals surface area contributed by atoms with E-state index >= 15 is 0 Å². The van der Waals surface area contributed by atoms with Crippen molar-refractivity contribution in [2.45, 2.75) is 6.61 Å². The van der Waals surface area contributed by atoms with Crippen LogP contribution in [0.1, 0.15) is 11.3 Å². The first-order valence-electron chi connectivity index (χ1n) is 3.55. The molecule has 64 valence electrons. The zero-order valence-electron chi connectivity index (χ0n) is 6.82. The molecular weight excluding hydrogens is 156 g/mol. The molecule has 0 atom stereocenters. The lowest BCUT2D eigenvalue weighted by molar-refractivity contribution is -0.104. The van der Waals surface area contributed by atoms with E-state index in [9.17, 15) is 4.79 Å². The molecule has 1 aromatic heterocycles. The van der Waals surface area contributed by atoms with E-state index < -0.39 is 0 Å². The third-order valence-corrected chi connectivity index (χ3v) is 1.41. The van der Waals surface area contributed by atoms with Crippen molar-refractivity contribution in [3.63, 3.8) is 0 Å². The highest BCUT2D eigenvalue weighted by molar-refractivity contribution is 5.73. The summed E-state index contributed by atoms with van der Waals surface area (Å²) in [6, 6.07) is 1.81. The van der Waals surface area contributed by atoms with Crippen molar-refractivity contribution in [3.8, 4) is 0 Å². The lowest BCUT2D eigenvalue weighted by Crippen LogP contribution is -1.86. The van der Waals surface area contributed by atoms with Crippen molar-refractivity contribution in [1.82, 2.24) is 0 Å². The number of carbonyl (C=O) groups is 1. The van der Waals surface area contributed by atoms with Gasteiger partial charge < -0.3 is 9.15 Å². The molecule has 0 fully saturated rings. The van der Waals surface area contributed by atoms with E-state index in [1.807, 2.05) is 6.07 Å². The quantitative estimate of drug-likeness (QED) is 0.504. The van der Waals surface area contributed by atoms with Crippen molar-refractivity contribution >= 4 is 12.4 Å². The summed E-state index contributed by atoms with van der Waals surface area (Å²) in [6.45, 7) is 0.495. The van der Waals surface area contributed by atoms with Gasteiger partial charge in [-0.3, -0.25) is 4.79 Å². The second-order valence-electron chi connectivity index (χ2n) is 2.24. The van der Waals surface area contributed by atoms with Crippen LogP contribution in [0.2, 0.25) is 0 Å². The van der Waals surface area contributed by atoms with Crippen LogP contribution in [-0.4, -0.2) is 13.4 Å². The molecule has 0 bridgehead atoms. The largest absolute Gasteiger partial charge is 0.465 e. The Balaban J connectivity index is 2.76. The highest BCUT2D eigenvalue weighted by Crippen LogP contribution is 2.12. The summed E-state index contributed by atoms with van der Waals surface area (Å²) < 4.78 is 10.0. The molecule has 0 radical (unpaired) electrons. The minimum absolute atomic E-state index is 0.495. The Hall–Kier alpha value is -1.35. The Morgan fingerprint density at radius 3 is 3.17 bits per heavy atom. The van der Waals surface area contributed by atoms with Crippen molar-refractivity contribution in [2.75, 3.05) is 7.11 Å². The molecular formula is C9H10O3. The number of methoxy groups -OCH3 is 1. The minimum atomic E-state index is 0.495. The highest BCUT2D eigenvalue weighted by atomic mass is 16.5. The van der Waals surface area contributed by atoms with Gasteiger partial charge in [0.15, 0.2) is 0 Å². The molecule has 1 aromatic rings. The van der Waals surface area contributed by atoms with Crippen molar-refractivity contribution in [1.29, 1.82) is 0 Å². The third-order valence-electron chi connectivity index (χ3n) is 1.41. The van der Waals surface area contributed by atoms with E-state index in [1.165, 1.54) is 6.08 Å². The van der Waals surface area contributed by atoms with Gasteiger partial charge in [0.25, 0.3) is 0 Å². The average Bonchev–Trinajstić information content (AvgIpc) is 2.50. The minimum Gasteiger partial charge on any atom is -0.465 e. The lowest BCUT2D eigenvalue weighted by atomic mass is 10.2. The number of hydrogen-bond acceptors (Lipinski definition) is 3. The number of furan rings is 1. The predicted octanol–water partition coefficient (Wildman–Crippen LogP) is 1.64. The number of aldehydes is 1. The van der Waals surface area contributed by atoms with E-state index in [4.69, 9.17) is 9.15 Å². The molecule has 0 unspecified atom stereocenters. The van der Waals surface area contributed by atoms with E-state index in [1.54, 1.807) is 19.4 Å². The molecule has 0 amide bonds. The first kappa shape index (κ1) is 8.74. The fourth-order valence-corrected chi connectivity index (χ4v) is 0.895. The highest BCUT2D eigenvalue weighted by Gasteiger charge is 2.00. The van der Waals surface area contributed by atoms with Gasteiger partial charge in [0.2, 0.25) is 0 Å². The maximum absolute atomic E-state index is 10.0. The van der Waals surface area contributed by atoms with Crippen molar-refractivity contribution in [3.05, 3.63) is 29.7 Å². The smallest absolute Gasteiger partial charge is 0.142 e. The number of allylic oxidation sites excluding steroid dienone is 1. The molecule has 0 saturated heterocycles. The summed E-state index contributed by atoms with van der Waals surface area (Å²) >= 11 is 0. The Labute approximate surface area is 70.6 Å². The molecule has 1 rings (SSSR count). The number of carbonyl (C=O) groups excluding carboxylic acids is 1. The molecule has 12 heavy (non-hydrogen) atoms. The molecule has 0 spiro atoms. The molecule has 0 N–H and O–H groups in total. The third kappa shape index (κ3) is 2.07. The van der Waals surface area contributed by atoms with Crippen LogP contribution in [0.4, 0.5) is 0 Å². The van der Waals surface area contributed by atoms with E-state index in [0.29, 0.717) is 18.7 Å². The first-order valence-corrected chi connectivity index (χ1v) is 3.55. The molecule has 0 aliphatic carbocycles. The van der Waals surface area contributed by atoms with Crippen LogP contribution in [0.15, 0.2) is 22.8 Å². The van der Waals surface area contributed by atoms with Crippen LogP contribution in [0, 0.1) is 0 Å². The topological polar surface area (TPSA) is 39.4 Å². The van der Waals surface area contributed by atoms with Gasteiger partial charge in [0.05, 0.1) is 12.9 Å². The summed E-state index contributed by atoms with van der Waals surface area (Å²) in [7, 11) is 1.61. The number of ether oxygens (including phenoxy) is 1. The second-order valence-corrected chi connectivity index (χ2v) is 2.24. The fraction of sp³-hybridized carbons (Fsp3) is 0.222. The Kier molecular flexibility index (Phi) is 3.29. The van der Waals surface area contributed by atoms with E-state index in [-0.39, 0.29) is 0 Å². The van der Waals surface area contributed by atoms with Crippen LogP contribution in [-0.2, 0) is 16.1 Å². The maximum Gasteiger partial charge on any atom is 0.142 e. The standard InChI is InChI=1S/C9H10O3/c1-11-7-8-4-6-12-9(8)3-2-5-10/h2-6H,7H2,1H3/b3-2+. The molecule has 0 aliphatic rings. The van der Waals surface area contributed by atoms with Gasteiger partial charge >= 0.3 is 0 Å². The van der Waals surface area contributed by atoms with Gasteiger partial charge in [-0.05, 0) is 18.2 Å². The summed E-state index contributed by atoms with van der Waals surface area (Å²) in [5.41, 5.74) is 0.940. The van der Waals surface area contributed by atoms with Crippen LogP contribution in [0.5, 0.6) is 0 Å². The van der Waals surface area contributed by atoms with Gasteiger partial charge in [-0.25, -0.2) is 0 Å². The zero-order valence-corrected chi connectivity index (χ0v) is 6.82. The summed E-state index contributed by atoms with van der Waals surface area (Å²) in [6.07, 6.45) is 5.28. The Morgan fingerprint density at radius 1 is 1.67 bits per heavy atom. The van der Waals surface area contributed by atoms with E-state index in [2.05, 4.69) is 0 Å². The molecule has 3 nitrogen and oxygen atoms in total. The summed E-state index contributed by atoms with van der Waals surface area (Å²) in [5, 5.41) is 0. The summed E-state index contributed by atoms with van der Waals surface area (Å²) in [5.74, 6) is 0.670. The van der Waals surface area contributed by atoms with Crippen molar-refractivity contribution in [2.24, 2.45) is 0 Å². The number of hydrogen-bond donors (Lipinski definition) is 0. The van der Waals surface area contributed by atoms with Crippen LogP contribution < -0.4 is 0 Å². The normalized spacial score (nSPS) is 10.8. The number of rotatable bonds is 4. The van der Waals surface area contributed by atoms with Crippen molar-refractivity contribution < 1.29 is 13.9 Å². The van der Waals surface area contributed by atoms with Gasteiger partial charge in [-0.1, -0.05) is 0 Å². The Morgan fingerprint density at radius 2 is 2.50 bits per heavy atom. The molecule has 3 heteroatoms. The monoisotopic (exact) mass is 166 g/mol. The van der Waals surface area contributed by atoms with Crippen LogP contribution in [0.3, 0.4) is 0 Å². The van der Waals surface area contributed by atoms with Gasteiger partial charge in [-0.15, -0.1) is 0 Å². The van der Waals surface area contributed by atoms with Gasteiger partial charge in [0, 0.05) is 12.7 Å². The first-order chi connectivity index (χ1) is 5.88. The molecule has 0 aliphatic heterocycles. The van der Waals surface area contributed by atoms with Gasteiger partial charge in [0.1, 0.15) is 12.0 Å².